The maximum atomic E-state index is 12.6. The molecule has 0 radical (unpaired) electrons. The molecule has 1 atom stereocenters. The van der Waals surface area contributed by atoms with Crippen LogP contribution in [0.3, 0.4) is 0 Å². The minimum atomic E-state index is -0.387. The van der Waals surface area contributed by atoms with E-state index in [1.165, 1.54) is 12.1 Å². The average Bonchev–Trinajstić information content (AvgIpc) is 2.10. The minimum Gasteiger partial charge on any atom is -0.396 e. The molecule has 0 heterocycles. The lowest BCUT2D eigenvalue weighted by atomic mass is 10.0. The Bertz CT molecular complexity index is 289. The van der Waals surface area contributed by atoms with Crippen molar-refractivity contribution in [1.29, 1.82) is 0 Å². The van der Waals surface area contributed by atoms with Gasteiger partial charge in [-0.05, 0) is 17.7 Å². The largest absolute Gasteiger partial charge is 0.396 e. The van der Waals surface area contributed by atoms with Crippen molar-refractivity contribution < 1.29 is 9.50 Å². The first kappa shape index (κ1) is 10.4. The molecule has 1 unspecified atom stereocenters. The number of hydrogen-bond donors (Lipinski definition) is 2. The Hall–Kier alpha value is -0.640. The highest BCUT2D eigenvalue weighted by Gasteiger charge is 2.12. The number of nitrogens with two attached hydrogens (primary N) is 1. The Morgan fingerprint density at radius 1 is 1.54 bits per heavy atom. The molecule has 0 aliphatic carbocycles. The molecule has 0 aromatic heterocycles. The van der Waals surface area contributed by atoms with Crippen molar-refractivity contribution >= 4 is 11.6 Å². The highest BCUT2D eigenvalue weighted by Crippen LogP contribution is 2.24. The summed E-state index contributed by atoms with van der Waals surface area (Å²) < 4.78 is 12.6. The third-order valence-electron chi connectivity index (χ3n) is 1.91. The van der Waals surface area contributed by atoms with Crippen LogP contribution in [0.4, 0.5) is 4.39 Å². The summed E-state index contributed by atoms with van der Waals surface area (Å²) in [5, 5.41) is 9.25. The Morgan fingerprint density at radius 3 is 2.69 bits per heavy atom. The summed E-state index contributed by atoms with van der Waals surface area (Å²) in [6.45, 7) is 0.212. The third-order valence-corrected chi connectivity index (χ3v) is 2.23. The maximum Gasteiger partial charge on any atom is 0.124 e. The van der Waals surface area contributed by atoms with Gasteiger partial charge >= 0.3 is 0 Å². The molecule has 0 spiro atoms. The molecule has 4 heteroatoms. The van der Waals surface area contributed by atoms with E-state index in [1.807, 2.05) is 0 Å². The first-order chi connectivity index (χ1) is 6.19. The minimum absolute atomic E-state index is 0.0815. The fourth-order valence-corrected chi connectivity index (χ4v) is 1.45. The van der Waals surface area contributed by atoms with Gasteiger partial charge in [0.2, 0.25) is 0 Å². The van der Waals surface area contributed by atoms with Gasteiger partial charge in [-0.15, -0.1) is 0 Å². The summed E-state index contributed by atoms with van der Waals surface area (Å²) in [4.78, 5) is 0. The van der Waals surface area contributed by atoms with Crippen molar-refractivity contribution in [2.24, 2.45) is 5.73 Å². The highest BCUT2D eigenvalue weighted by atomic mass is 35.5. The number of halogens is 2. The van der Waals surface area contributed by atoms with Crippen molar-refractivity contribution in [3.8, 4) is 0 Å². The van der Waals surface area contributed by atoms with E-state index in [-0.39, 0.29) is 18.3 Å². The normalized spacial score (nSPS) is 12.9. The smallest absolute Gasteiger partial charge is 0.124 e. The van der Waals surface area contributed by atoms with E-state index in [0.29, 0.717) is 17.1 Å². The SMILES string of the molecule is NCC(CO)c1ccc(F)cc1Cl. The van der Waals surface area contributed by atoms with Crippen LogP contribution in [0.25, 0.3) is 0 Å². The Balaban J connectivity index is 2.99. The van der Waals surface area contributed by atoms with Gasteiger partial charge in [0, 0.05) is 17.5 Å². The van der Waals surface area contributed by atoms with Crippen LogP contribution in [0, 0.1) is 5.82 Å². The van der Waals surface area contributed by atoms with Gasteiger partial charge in [-0.1, -0.05) is 17.7 Å². The Morgan fingerprint density at radius 2 is 2.23 bits per heavy atom. The predicted octanol–water partition coefficient (Wildman–Crippen LogP) is 1.51. The van der Waals surface area contributed by atoms with E-state index in [9.17, 15) is 4.39 Å². The Kier molecular flexibility index (Phi) is 3.66. The van der Waals surface area contributed by atoms with Gasteiger partial charge < -0.3 is 10.8 Å². The van der Waals surface area contributed by atoms with E-state index in [2.05, 4.69) is 0 Å². The monoisotopic (exact) mass is 203 g/mol. The summed E-state index contributed by atoms with van der Waals surface area (Å²) in [5.41, 5.74) is 6.10. The zero-order chi connectivity index (χ0) is 9.84. The lowest BCUT2D eigenvalue weighted by Crippen LogP contribution is -2.16. The summed E-state index contributed by atoms with van der Waals surface area (Å²) in [5.74, 6) is -0.601. The van der Waals surface area contributed by atoms with Crippen LogP contribution in [0.5, 0.6) is 0 Å². The van der Waals surface area contributed by atoms with Gasteiger partial charge in [-0.25, -0.2) is 4.39 Å². The van der Waals surface area contributed by atoms with Gasteiger partial charge in [-0.3, -0.25) is 0 Å². The lowest BCUT2D eigenvalue weighted by molar-refractivity contribution is 0.268. The molecule has 0 aliphatic heterocycles. The summed E-state index contributed by atoms with van der Waals surface area (Å²) in [6.07, 6.45) is 0. The number of aliphatic hydroxyl groups excluding tert-OH is 1. The summed E-state index contributed by atoms with van der Waals surface area (Å²) >= 11 is 5.78. The number of benzene rings is 1. The van der Waals surface area contributed by atoms with Crippen molar-refractivity contribution in [3.63, 3.8) is 0 Å². The summed E-state index contributed by atoms with van der Waals surface area (Å²) in [7, 11) is 0. The second-order valence-corrected chi connectivity index (χ2v) is 3.19. The topological polar surface area (TPSA) is 46.2 Å². The second kappa shape index (κ2) is 4.56. The van der Waals surface area contributed by atoms with Crippen molar-refractivity contribution in [2.75, 3.05) is 13.2 Å². The molecule has 0 aliphatic rings. The molecule has 13 heavy (non-hydrogen) atoms. The first-order valence-corrected chi connectivity index (χ1v) is 4.32. The third kappa shape index (κ3) is 2.40. The number of hydrogen-bond acceptors (Lipinski definition) is 2. The van der Waals surface area contributed by atoms with Crippen LogP contribution in [-0.2, 0) is 0 Å². The van der Waals surface area contributed by atoms with E-state index in [4.69, 9.17) is 22.4 Å². The molecule has 1 rings (SSSR count). The van der Waals surface area contributed by atoms with Crippen LogP contribution in [0.15, 0.2) is 18.2 Å². The molecule has 2 nitrogen and oxygen atoms in total. The maximum absolute atomic E-state index is 12.6. The fraction of sp³-hybridized carbons (Fsp3) is 0.333. The predicted molar refractivity (Wildman–Crippen MR) is 50.3 cm³/mol. The van der Waals surface area contributed by atoms with Crippen molar-refractivity contribution in [1.82, 2.24) is 0 Å². The van der Waals surface area contributed by atoms with E-state index in [1.54, 1.807) is 6.07 Å². The van der Waals surface area contributed by atoms with E-state index >= 15 is 0 Å². The Labute approximate surface area is 81.1 Å². The van der Waals surface area contributed by atoms with Crippen LogP contribution in [-0.4, -0.2) is 18.3 Å². The van der Waals surface area contributed by atoms with Crippen LogP contribution >= 0.6 is 11.6 Å². The van der Waals surface area contributed by atoms with E-state index in [0.717, 1.165) is 0 Å². The lowest BCUT2D eigenvalue weighted by Gasteiger charge is -2.13. The van der Waals surface area contributed by atoms with Gasteiger partial charge in [0.25, 0.3) is 0 Å². The van der Waals surface area contributed by atoms with Crippen LogP contribution in [0.2, 0.25) is 5.02 Å². The summed E-state index contributed by atoms with van der Waals surface area (Å²) in [6, 6.07) is 4.07. The molecule has 0 saturated heterocycles. The standard InChI is InChI=1S/C9H11ClFNO/c10-9-3-7(11)1-2-8(9)6(4-12)5-13/h1-3,6,13H,4-5,12H2. The molecule has 1 aromatic carbocycles. The first-order valence-electron chi connectivity index (χ1n) is 3.95. The molecular formula is C9H11ClFNO. The zero-order valence-electron chi connectivity index (χ0n) is 7.00. The van der Waals surface area contributed by atoms with Gasteiger partial charge in [0.05, 0.1) is 6.61 Å². The van der Waals surface area contributed by atoms with Crippen LogP contribution in [0.1, 0.15) is 11.5 Å². The molecule has 1 aromatic rings. The quantitative estimate of drug-likeness (QED) is 0.783. The van der Waals surface area contributed by atoms with Gasteiger partial charge in [-0.2, -0.15) is 0 Å². The molecule has 0 saturated carbocycles. The number of rotatable bonds is 3. The number of aliphatic hydroxyl groups is 1. The molecule has 0 fully saturated rings. The van der Waals surface area contributed by atoms with Crippen molar-refractivity contribution in [2.45, 2.75) is 5.92 Å². The molecule has 72 valence electrons. The van der Waals surface area contributed by atoms with Crippen LogP contribution < -0.4 is 5.73 Å². The van der Waals surface area contributed by atoms with Gasteiger partial charge in [0.15, 0.2) is 0 Å². The van der Waals surface area contributed by atoms with E-state index < -0.39 is 0 Å². The molecular weight excluding hydrogens is 193 g/mol. The molecule has 0 amide bonds. The average molecular weight is 204 g/mol. The molecule has 3 N–H and O–H groups in total. The second-order valence-electron chi connectivity index (χ2n) is 2.78. The highest BCUT2D eigenvalue weighted by molar-refractivity contribution is 6.31. The van der Waals surface area contributed by atoms with Crippen molar-refractivity contribution in [3.05, 3.63) is 34.6 Å². The molecule has 0 bridgehead atoms. The zero-order valence-corrected chi connectivity index (χ0v) is 7.76. The fourth-order valence-electron chi connectivity index (χ4n) is 1.13. The van der Waals surface area contributed by atoms with Gasteiger partial charge in [0.1, 0.15) is 5.82 Å².